The summed E-state index contributed by atoms with van der Waals surface area (Å²) in [5.41, 5.74) is 7.55. The Balaban J connectivity index is 0.00000192. The van der Waals surface area contributed by atoms with Crippen LogP contribution in [0, 0.1) is 0 Å². The lowest BCUT2D eigenvalue weighted by atomic mass is 10.2. The number of para-hydroxylation sites is 2. The standard InChI is InChI=1S/C17H19N3O2.ClH/c18-15-3-1-2-4-16(15)20-17(21)12-5-7-13(8-6-12)22-14-9-10-19-11-14;/h1-8,14,19H,9-11,18H2,(H,20,21);1H. The van der Waals surface area contributed by atoms with E-state index in [4.69, 9.17) is 10.5 Å². The van der Waals surface area contributed by atoms with Crippen LogP contribution >= 0.6 is 12.4 Å². The van der Waals surface area contributed by atoms with Gasteiger partial charge in [0.15, 0.2) is 0 Å². The molecule has 1 heterocycles. The zero-order valence-electron chi connectivity index (χ0n) is 12.6. The van der Waals surface area contributed by atoms with Crippen LogP contribution in [-0.2, 0) is 0 Å². The number of anilines is 2. The van der Waals surface area contributed by atoms with Crippen LogP contribution in [0.3, 0.4) is 0 Å². The lowest BCUT2D eigenvalue weighted by molar-refractivity contribution is 0.102. The minimum atomic E-state index is -0.188. The van der Waals surface area contributed by atoms with E-state index in [0.717, 1.165) is 25.3 Å². The third-order valence-corrected chi connectivity index (χ3v) is 3.64. The molecule has 1 unspecified atom stereocenters. The average molecular weight is 334 g/mol. The van der Waals surface area contributed by atoms with E-state index in [0.29, 0.717) is 16.9 Å². The van der Waals surface area contributed by atoms with Crippen LogP contribution in [0.5, 0.6) is 5.75 Å². The summed E-state index contributed by atoms with van der Waals surface area (Å²) in [6.45, 7) is 1.86. The maximum Gasteiger partial charge on any atom is 0.255 e. The molecule has 3 rings (SSSR count). The Labute approximate surface area is 141 Å². The summed E-state index contributed by atoms with van der Waals surface area (Å²) >= 11 is 0. The molecule has 0 saturated carbocycles. The van der Waals surface area contributed by atoms with Crippen molar-refractivity contribution in [2.45, 2.75) is 12.5 Å². The van der Waals surface area contributed by atoms with Crippen LogP contribution < -0.4 is 21.1 Å². The topological polar surface area (TPSA) is 76.4 Å². The van der Waals surface area contributed by atoms with Gasteiger partial charge in [-0.05, 0) is 49.4 Å². The second-order valence-electron chi connectivity index (χ2n) is 5.30. The number of nitrogens with two attached hydrogens (primary N) is 1. The predicted octanol–water partition coefficient (Wildman–Crippen LogP) is 2.68. The first-order valence-corrected chi connectivity index (χ1v) is 7.35. The molecule has 1 fully saturated rings. The molecule has 0 aromatic heterocycles. The summed E-state index contributed by atoms with van der Waals surface area (Å²) < 4.78 is 5.83. The highest BCUT2D eigenvalue weighted by molar-refractivity contribution is 6.05. The highest BCUT2D eigenvalue weighted by Gasteiger charge is 2.16. The van der Waals surface area contributed by atoms with Gasteiger partial charge in [-0.2, -0.15) is 0 Å². The number of nitrogens with one attached hydrogen (secondary N) is 2. The fourth-order valence-electron chi connectivity index (χ4n) is 2.41. The molecule has 1 amide bonds. The van der Waals surface area contributed by atoms with Crippen molar-refractivity contribution < 1.29 is 9.53 Å². The Bertz CT molecular complexity index is 655. The zero-order chi connectivity index (χ0) is 15.4. The fourth-order valence-corrected chi connectivity index (χ4v) is 2.41. The molecule has 4 N–H and O–H groups in total. The summed E-state index contributed by atoms with van der Waals surface area (Å²) in [6.07, 6.45) is 1.22. The summed E-state index contributed by atoms with van der Waals surface area (Å²) in [7, 11) is 0. The van der Waals surface area contributed by atoms with Crippen molar-refractivity contribution in [1.29, 1.82) is 0 Å². The van der Waals surface area contributed by atoms with Gasteiger partial charge >= 0.3 is 0 Å². The van der Waals surface area contributed by atoms with Crippen molar-refractivity contribution in [3.05, 3.63) is 54.1 Å². The maximum atomic E-state index is 12.2. The van der Waals surface area contributed by atoms with E-state index >= 15 is 0 Å². The van der Waals surface area contributed by atoms with Crippen LogP contribution in [0.15, 0.2) is 48.5 Å². The molecule has 23 heavy (non-hydrogen) atoms. The van der Waals surface area contributed by atoms with E-state index in [9.17, 15) is 4.79 Å². The Morgan fingerprint density at radius 1 is 1.17 bits per heavy atom. The first kappa shape index (κ1) is 17.1. The van der Waals surface area contributed by atoms with E-state index < -0.39 is 0 Å². The quantitative estimate of drug-likeness (QED) is 0.752. The first-order chi connectivity index (χ1) is 10.7. The monoisotopic (exact) mass is 333 g/mol. The zero-order valence-corrected chi connectivity index (χ0v) is 13.4. The van der Waals surface area contributed by atoms with Gasteiger partial charge in [-0.25, -0.2) is 0 Å². The number of rotatable bonds is 4. The van der Waals surface area contributed by atoms with Crippen molar-refractivity contribution >= 4 is 29.7 Å². The molecule has 1 aliphatic rings. The Morgan fingerprint density at radius 2 is 1.91 bits per heavy atom. The van der Waals surface area contributed by atoms with Gasteiger partial charge in [-0.15, -0.1) is 12.4 Å². The number of carbonyl (C=O) groups excluding carboxylic acids is 1. The predicted molar refractivity (Wildman–Crippen MR) is 94.4 cm³/mol. The third-order valence-electron chi connectivity index (χ3n) is 3.64. The number of hydrogen-bond acceptors (Lipinski definition) is 4. The van der Waals surface area contributed by atoms with Crippen LogP contribution in [0.4, 0.5) is 11.4 Å². The molecule has 5 nitrogen and oxygen atoms in total. The maximum absolute atomic E-state index is 12.2. The van der Waals surface area contributed by atoms with Crippen molar-refractivity contribution in [2.24, 2.45) is 0 Å². The van der Waals surface area contributed by atoms with Crippen molar-refractivity contribution in [2.75, 3.05) is 24.1 Å². The summed E-state index contributed by atoms with van der Waals surface area (Å²) in [5.74, 6) is 0.594. The molecule has 1 atom stereocenters. The second-order valence-corrected chi connectivity index (χ2v) is 5.30. The van der Waals surface area contributed by atoms with Crippen LogP contribution in [0.1, 0.15) is 16.8 Å². The second kappa shape index (κ2) is 7.85. The van der Waals surface area contributed by atoms with E-state index in [1.54, 1.807) is 24.3 Å². The largest absolute Gasteiger partial charge is 0.489 e. The lowest BCUT2D eigenvalue weighted by Crippen LogP contribution is -2.19. The third kappa shape index (κ3) is 4.37. The molecule has 6 heteroatoms. The lowest BCUT2D eigenvalue weighted by Gasteiger charge is -2.13. The minimum absolute atomic E-state index is 0. The normalized spacial score (nSPS) is 16.4. The van der Waals surface area contributed by atoms with E-state index in [2.05, 4.69) is 10.6 Å². The van der Waals surface area contributed by atoms with Crippen molar-refractivity contribution in [3.63, 3.8) is 0 Å². The Kier molecular flexibility index (Phi) is 5.84. The number of amides is 1. The molecule has 0 bridgehead atoms. The van der Waals surface area contributed by atoms with E-state index in [1.165, 1.54) is 0 Å². The molecule has 2 aromatic rings. The van der Waals surface area contributed by atoms with Crippen LogP contribution in [0.25, 0.3) is 0 Å². The molecule has 0 spiro atoms. The number of nitrogen functional groups attached to an aromatic ring is 1. The summed E-state index contributed by atoms with van der Waals surface area (Å²) in [4.78, 5) is 12.2. The molecule has 0 radical (unpaired) electrons. The van der Waals surface area contributed by atoms with Gasteiger partial charge in [-0.3, -0.25) is 4.79 Å². The number of carbonyl (C=O) groups is 1. The van der Waals surface area contributed by atoms with Gasteiger partial charge in [0.25, 0.3) is 5.91 Å². The van der Waals surface area contributed by atoms with Gasteiger partial charge in [0.1, 0.15) is 11.9 Å². The molecule has 122 valence electrons. The molecular weight excluding hydrogens is 314 g/mol. The smallest absolute Gasteiger partial charge is 0.255 e. The van der Waals surface area contributed by atoms with Gasteiger partial charge in [-0.1, -0.05) is 12.1 Å². The minimum Gasteiger partial charge on any atom is -0.489 e. The van der Waals surface area contributed by atoms with Crippen molar-refractivity contribution in [3.8, 4) is 5.75 Å². The van der Waals surface area contributed by atoms with Gasteiger partial charge in [0.2, 0.25) is 0 Å². The number of benzene rings is 2. The van der Waals surface area contributed by atoms with Crippen LogP contribution in [-0.4, -0.2) is 25.1 Å². The Morgan fingerprint density at radius 3 is 2.57 bits per heavy atom. The average Bonchev–Trinajstić information content (AvgIpc) is 3.03. The summed E-state index contributed by atoms with van der Waals surface area (Å²) in [5, 5.41) is 6.06. The number of halogens is 1. The number of ether oxygens (including phenoxy) is 1. The van der Waals surface area contributed by atoms with E-state index in [-0.39, 0.29) is 24.4 Å². The van der Waals surface area contributed by atoms with Gasteiger partial charge in [0.05, 0.1) is 11.4 Å². The highest BCUT2D eigenvalue weighted by Crippen LogP contribution is 2.20. The van der Waals surface area contributed by atoms with Crippen LogP contribution in [0.2, 0.25) is 0 Å². The first-order valence-electron chi connectivity index (χ1n) is 7.35. The van der Waals surface area contributed by atoms with Gasteiger partial charge < -0.3 is 21.1 Å². The molecule has 0 aliphatic carbocycles. The van der Waals surface area contributed by atoms with Gasteiger partial charge in [0, 0.05) is 12.1 Å². The van der Waals surface area contributed by atoms with Crippen molar-refractivity contribution in [1.82, 2.24) is 5.32 Å². The fraction of sp³-hybridized carbons (Fsp3) is 0.235. The molecule has 2 aromatic carbocycles. The molecule has 1 aliphatic heterocycles. The van der Waals surface area contributed by atoms with E-state index in [1.807, 2.05) is 24.3 Å². The SMILES string of the molecule is Cl.Nc1ccccc1NC(=O)c1ccc(OC2CCNC2)cc1. The molecular formula is C17H20ClN3O2. The summed E-state index contributed by atoms with van der Waals surface area (Å²) in [6, 6.07) is 14.3. The Hall–Kier alpha value is -2.24. The number of hydrogen-bond donors (Lipinski definition) is 3. The highest BCUT2D eigenvalue weighted by atomic mass is 35.5. The molecule has 1 saturated heterocycles.